The first-order valence-electron chi connectivity index (χ1n) is 6.98. The van der Waals surface area contributed by atoms with Gasteiger partial charge in [-0.25, -0.2) is 0 Å². The summed E-state index contributed by atoms with van der Waals surface area (Å²) in [5.41, 5.74) is 1.47. The standard InChI is InChI=1S/C16H16N4O3/c1-12-16(20(22)23)13(2)19(18-12)11-15(21)17-10-6-9-14-7-4-3-5-8-14/h3-5,7-8H,10-11H2,1-2H3,(H,17,21). The SMILES string of the molecule is Cc1nn(CC(=O)NCC#Cc2ccccc2)c(C)c1[N+](=O)[O-]. The fourth-order valence-corrected chi connectivity index (χ4v) is 2.11. The highest BCUT2D eigenvalue weighted by Gasteiger charge is 2.22. The van der Waals surface area contributed by atoms with Gasteiger partial charge < -0.3 is 5.32 Å². The number of hydrogen-bond acceptors (Lipinski definition) is 4. The van der Waals surface area contributed by atoms with E-state index in [2.05, 4.69) is 22.3 Å². The Morgan fingerprint density at radius 3 is 2.65 bits per heavy atom. The van der Waals surface area contributed by atoms with Crippen LogP contribution in [0.5, 0.6) is 0 Å². The van der Waals surface area contributed by atoms with Gasteiger partial charge in [-0.2, -0.15) is 5.10 Å². The lowest BCUT2D eigenvalue weighted by atomic mass is 10.2. The molecule has 0 unspecified atom stereocenters. The van der Waals surface area contributed by atoms with Crippen molar-refractivity contribution >= 4 is 11.6 Å². The first-order chi connectivity index (χ1) is 11.0. The Labute approximate surface area is 133 Å². The molecule has 2 aromatic rings. The summed E-state index contributed by atoms with van der Waals surface area (Å²) >= 11 is 0. The van der Waals surface area contributed by atoms with Crippen molar-refractivity contribution in [2.75, 3.05) is 6.54 Å². The van der Waals surface area contributed by atoms with Gasteiger partial charge in [-0.1, -0.05) is 30.0 Å². The summed E-state index contributed by atoms with van der Waals surface area (Å²) in [5.74, 6) is 5.48. The van der Waals surface area contributed by atoms with Crippen LogP contribution in [0, 0.1) is 35.8 Å². The summed E-state index contributed by atoms with van der Waals surface area (Å²) in [6.45, 7) is 3.24. The van der Waals surface area contributed by atoms with Crippen LogP contribution in [0.1, 0.15) is 17.0 Å². The van der Waals surface area contributed by atoms with E-state index in [9.17, 15) is 14.9 Å². The van der Waals surface area contributed by atoms with Crippen molar-refractivity contribution in [1.29, 1.82) is 0 Å². The summed E-state index contributed by atoms with van der Waals surface area (Å²) in [6, 6.07) is 9.44. The van der Waals surface area contributed by atoms with Crippen LogP contribution in [0.15, 0.2) is 30.3 Å². The number of nitrogens with one attached hydrogen (secondary N) is 1. The molecule has 2 rings (SSSR count). The van der Waals surface area contributed by atoms with Crippen LogP contribution in [0.25, 0.3) is 0 Å². The number of benzene rings is 1. The number of amides is 1. The van der Waals surface area contributed by atoms with Gasteiger partial charge in [0.25, 0.3) is 0 Å². The van der Waals surface area contributed by atoms with Gasteiger partial charge in [0, 0.05) is 5.56 Å². The topological polar surface area (TPSA) is 90.1 Å². The minimum atomic E-state index is -0.489. The highest BCUT2D eigenvalue weighted by atomic mass is 16.6. The van der Waals surface area contributed by atoms with Crippen molar-refractivity contribution in [1.82, 2.24) is 15.1 Å². The molecule has 0 aliphatic rings. The molecule has 0 spiro atoms. The molecular formula is C16H16N4O3. The van der Waals surface area contributed by atoms with E-state index in [-0.39, 0.29) is 24.7 Å². The lowest BCUT2D eigenvalue weighted by Crippen LogP contribution is -2.28. The molecule has 118 valence electrons. The Morgan fingerprint density at radius 2 is 2.04 bits per heavy atom. The average molecular weight is 312 g/mol. The summed E-state index contributed by atoms with van der Waals surface area (Å²) < 4.78 is 1.33. The zero-order valence-electron chi connectivity index (χ0n) is 12.9. The van der Waals surface area contributed by atoms with E-state index in [1.165, 1.54) is 4.68 Å². The molecule has 0 saturated carbocycles. The quantitative estimate of drug-likeness (QED) is 0.527. The monoisotopic (exact) mass is 312 g/mol. The van der Waals surface area contributed by atoms with Gasteiger partial charge in [-0.3, -0.25) is 19.6 Å². The highest BCUT2D eigenvalue weighted by Crippen LogP contribution is 2.21. The van der Waals surface area contributed by atoms with Gasteiger partial charge in [0.1, 0.15) is 17.9 Å². The molecule has 23 heavy (non-hydrogen) atoms. The summed E-state index contributed by atoms with van der Waals surface area (Å²) in [4.78, 5) is 22.3. The van der Waals surface area contributed by atoms with Crippen molar-refractivity contribution in [3.05, 3.63) is 57.4 Å². The number of rotatable bonds is 4. The Balaban J connectivity index is 1.92. The average Bonchev–Trinajstić information content (AvgIpc) is 2.79. The maximum absolute atomic E-state index is 11.9. The minimum Gasteiger partial charge on any atom is -0.344 e. The van der Waals surface area contributed by atoms with E-state index < -0.39 is 4.92 Å². The van der Waals surface area contributed by atoms with Crippen LogP contribution >= 0.6 is 0 Å². The van der Waals surface area contributed by atoms with Gasteiger partial charge in [-0.15, -0.1) is 0 Å². The molecule has 0 atom stereocenters. The van der Waals surface area contributed by atoms with Crippen LogP contribution in [0.4, 0.5) is 5.69 Å². The summed E-state index contributed by atoms with van der Waals surface area (Å²) in [6.07, 6.45) is 0. The Bertz CT molecular complexity index is 785. The molecule has 0 aliphatic carbocycles. The first kappa shape index (κ1) is 16.2. The van der Waals surface area contributed by atoms with Crippen LogP contribution in [0.2, 0.25) is 0 Å². The highest BCUT2D eigenvalue weighted by molar-refractivity contribution is 5.76. The molecule has 7 nitrogen and oxygen atoms in total. The molecule has 0 aliphatic heterocycles. The van der Waals surface area contributed by atoms with Crippen molar-refractivity contribution in [2.45, 2.75) is 20.4 Å². The number of aryl methyl sites for hydroxylation is 1. The largest absolute Gasteiger partial charge is 0.344 e. The second-order valence-electron chi connectivity index (χ2n) is 4.88. The fraction of sp³-hybridized carbons (Fsp3) is 0.250. The zero-order valence-corrected chi connectivity index (χ0v) is 12.9. The molecule has 0 bridgehead atoms. The molecule has 1 amide bonds. The van der Waals surface area contributed by atoms with Crippen molar-refractivity contribution in [2.24, 2.45) is 0 Å². The number of carbonyl (C=O) groups excluding carboxylic acids is 1. The Hall–Kier alpha value is -3.14. The molecule has 1 heterocycles. The lowest BCUT2D eigenvalue weighted by Gasteiger charge is -2.03. The first-order valence-corrected chi connectivity index (χ1v) is 6.98. The van der Waals surface area contributed by atoms with Crippen molar-refractivity contribution in [3.8, 4) is 11.8 Å². The second kappa shape index (κ2) is 7.22. The van der Waals surface area contributed by atoms with Crippen LogP contribution < -0.4 is 5.32 Å². The number of nitro groups is 1. The van der Waals surface area contributed by atoms with Gasteiger partial charge in [0.2, 0.25) is 5.91 Å². The van der Waals surface area contributed by atoms with E-state index >= 15 is 0 Å². The third-order valence-electron chi connectivity index (χ3n) is 3.20. The zero-order chi connectivity index (χ0) is 16.8. The van der Waals surface area contributed by atoms with E-state index in [0.717, 1.165) is 5.56 Å². The van der Waals surface area contributed by atoms with E-state index in [4.69, 9.17) is 0 Å². The lowest BCUT2D eigenvalue weighted by molar-refractivity contribution is -0.386. The number of carbonyl (C=O) groups is 1. The second-order valence-corrected chi connectivity index (χ2v) is 4.88. The fourth-order valence-electron chi connectivity index (χ4n) is 2.11. The van der Waals surface area contributed by atoms with E-state index in [0.29, 0.717) is 11.4 Å². The van der Waals surface area contributed by atoms with Gasteiger partial charge in [0.15, 0.2) is 0 Å². The van der Waals surface area contributed by atoms with Gasteiger partial charge in [0.05, 0.1) is 11.5 Å². The van der Waals surface area contributed by atoms with Gasteiger partial charge in [-0.05, 0) is 26.0 Å². The predicted octanol–water partition coefficient (Wildman–Crippen LogP) is 1.58. The summed E-state index contributed by atoms with van der Waals surface area (Å²) in [5, 5.41) is 17.6. The Kier molecular flexibility index (Phi) is 5.10. The van der Waals surface area contributed by atoms with Crippen LogP contribution in [0.3, 0.4) is 0 Å². The number of aromatic nitrogens is 2. The maximum atomic E-state index is 11.9. The molecule has 1 N–H and O–H groups in total. The minimum absolute atomic E-state index is 0.0540. The maximum Gasteiger partial charge on any atom is 0.312 e. The molecule has 0 saturated heterocycles. The Morgan fingerprint density at radius 1 is 1.35 bits per heavy atom. The third kappa shape index (κ3) is 4.17. The number of hydrogen-bond donors (Lipinski definition) is 1. The summed E-state index contributed by atoms with van der Waals surface area (Å²) in [7, 11) is 0. The van der Waals surface area contributed by atoms with Gasteiger partial charge >= 0.3 is 5.69 Å². The molecule has 0 radical (unpaired) electrons. The molecule has 7 heteroatoms. The molecular weight excluding hydrogens is 296 g/mol. The van der Waals surface area contributed by atoms with Crippen LogP contribution in [-0.4, -0.2) is 27.2 Å². The third-order valence-corrected chi connectivity index (χ3v) is 3.20. The van der Waals surface area contributed by atoms with E-state index in [1.54, 1.807) is 13.8 Å². The van der Waals surface area contributed by atoms with Crippen molar-refractivity contribution in [3.63, 3.8) is 0 Å². The molecule has 1 aromatic heterocycles. The molecule has 0 fully saturated rings. The predicted molar refractivity (Wildman–Crippen MR) is 84.7 cm³/mol. The van der Waals surface area contributed by atoms with Crippen LogP contribution in [-0.2, 0) is 11.3 Å². The van der Waals surface area contributed by atoms with E-state index in [1.807, 2.05) is 30.3 Å². The normalized spacial score (nSPS) is 9.83. The number of nitrogens with zero attached hydrogens (tertiary/aromatic N) is 3. The smallest absolute Gasteiger partial charge is 0.312 e. The molecule has 1 aromatic carbocycles. The van der Waals surface area contributed by atoms with Crippen molar-refractivity contribution < 1.29 is 9.72 Å².